The number of nitrogens with one attached hydrogen (secondary N) is 1. The average molecular weight is 294 g/mol. The van der Waals surface area contributed by atoms with E-state index in [0.717, 1.165) is 0 Å². The molecule has 1 aromatic heterocycles. The largest absolute Gasteiger partial charge is 0.466 e. The van der Waals surface area contributed by atoms with Crippen molar-refractivity contribution in [2.75, 3.05) is 19.7 Å². The normalized spacial score (nSPS) is 21.8. The number of pyridine rings is 1. The Morgan fingerprint density at radius 2 is 2.30 bits per heavy atom. The molecule has 1 unspecified atom stereocenters. The Bertz CT molecular complexity index is 584. The van der Waals surface area contributed by atoms with Crippen LogP contribution in [0.15, 0.2) is 18.3 Å². The summed E-state index contributed by atoms with van der Waals surface area (Å²) >= 11 is 5.12. The summed E-state index contributed by atoms with van der Waals surface area (Å²) in [6.07, 6.45) is 2.30. The van der Waals surface area contributed by atoms with E-state index in [-0.39, 0.29) is 11.9 Å². The van der Waals surface area contributed by atoms with Gasteiger partial charge in [-0.25, -0.2) is 0 Å². The Balaban J connectivity index is 2.14. The minimum atomic E-state index is -0.619. The zero-order valence-electron chi connectivity index (χ0n) is 11.6. The molecular formula is C14H18N2O3S. The zero-order valence-corrected chi connectivity index (χ0v) is 12.5. The number of esters is 1. The van der Waals surface area contributed by atoms with E-state index in [4.69, 9.17) is 17.0 Å². The molecule has 108 valence electrons. The predicted molar refractivity (Wildman–Crippen MR) is 76.9 cm³/mol. The third kappa shape index (κ3) is 2.75. The lowest BCUT2D eigenvalue weighted by Gasteiger charge is -2.22. The van der Waals surface area contributed by atoms with Crippen LogP contribution in [0.2, 0.25) is 0 Å². The van der Waals surface area contributed by atoms with Crippen LogP contribution in [0.25, 0.3) is 0 Å². The lowest BCUT2D eigenvalue weighted by atomic mass is 9.90. The quantitative estimate of drug-likeness (QED) is 0.685. The van der Waals surface area contributed by atoms with Crippen LogP contribution in [0.3, 0.4) is 0 Å². The Morgan fingerprint density at radius 3 is 2.95 bits per heavy atom. The molecule has 0 bridgehead atoms. The number of aromatic amines is 1. The highest BCUT2D eigenvalue weighted by atomic mass is 32.1. The summed E-state index contributed by atoms with van der Waals surface area (Å²) in [5.41, 5.74) is -0.151. The van der Waals surface area contributed by atoms with Crippen LogP contribution < -0.4 is 0 Å². The molecule has 2 rings (SSSR count). The van der Waals surface area contributed by atoms with Gasteiger partial charge in [-0.1, -0.05) is 12.2 Å². The van der Waals surface area contributed by atoms with Crippen molar-refractivity contribution < 1.29 is 14.3 Å². The SMILES string of the molecule is CCOC(=O)C1(C)CCN(C(=O)c2ccc[nH]c2=S)C1. The Kier molecular flexibility index (Phi) is 4.23. The van der Waals surface area contributed by atoms with Crippen molar-refractivity contribution in [1.82, 2.24) is 9.88 Å². The van der Waals surface area contributed by atoms with E-state index < -0.39 is 5.41 Å². The van der Waals surface area contributed by atoms with Gasteiger partial charge in [0.05, 0.1) is 17.6 Å². The van der Waals surface area contributed by atoms with Crippen molar-refractivity contribution >= 4 is 24.1 Å². The van der Waals surface area contributed by atoms with Crippen molar-refractivity contribution in [3.63, 3.8) is 0 Å². The fourth-order valence-corrected chi connectivity index (χ4v) is 2.59. The molecule has 1 amide bonds. The number of rotatable bonds is 3. The average Bonchev–Trinajstić information content (AvgIpc) is 2.83. The summed E-state index contributed by atoms with van der Waals surface area (Å²) in [5, 5.41) is 0. The van der Waals surface area contributed by atoms with E-state index in [1.54, 1.807) is 30.2 Å². The van der Waals surface area contributed by atoms with E-state index in [1.165, 1.54) is 0 Å². The van der Waals surface area contributed by atoms with Crippen molar-refractivity contribution in [1.29, 1.82) is 0 Å². The number of hydrogen-bond acceptors (Lipinski definition) is 4. The summed E-state index contributed by atoms with van der Waals surface area (Å²) in [6.45, 7) is 4.88. The monoisotopic (exact) mass is 294 g/mol. The molecule has 0 aromatic carbocycles. The molecular weight excluding hydrogens is 276 g/mol. The van der Waals surface area contributed by atoms with Gasteiger partial charge in [0.2, 0.25) is 0 Å². The van der Waals surface area contributed by atoms with Gasteiger partial charge in [-0.2, -0.15) is 0 Å². The molecule has 5 nitrogen and oxygen atoms in total. The molecule has 20 heavy (non-hydrogen) atoms. The summed E-state index contributed by atoms with van der Waals surface area (Å²) in [5.74, 6) is -0.381. The molecule has 0 saturated carbocycles. The summed E-state index contributed by atoms with van der Waals surface area (Å²) in [6, 6.07) is 3.44. The highest BCUT2D eigenvalue weighted by Crippen LogP contribution is 2.32. The van der Waals surface area contributed by atoms with Gasteiger partial charge in [-0.05, 0) is 32.4 Å². The number of aromatic nitrogens is 1. The smallest absolute Gasteiger partial charge is 0.313 e. The molecule has 1 aromatic rings. The first kappa shape index (κ1) is 14.7. The molecule has 2 heterocycles. The summed E-state index contributed by atoms with van der Waals surface area (Å²) in [4.78, 5) is 28.9. The number of hydrogen-bond donors (Lipinski definition) is 1. The van der Waals surface area contributed by atoms with E-state index in [9.17, 15) is 9.59 Å². The molecule has 1 saturated heterocycles. The van der Waals surface area contributed by atoms with Gasteiger partial charge in [0, 0.05) is 19.3 Å². The fourth-order valence-electron chi connectivity index (χ4n) is 2.37. The van der Waals surface area contributed by atoms with E-state index in [1.807, 2.05) is 6.92 Å². The first-order chi connectivity index (χ1) is 9.48. The number of carbonyl (C=O) groups is 2. The molecule has 1 N–H and O–H groups in total. The van der Waals surface area contributed by atoms with Gasteiger partial charge >= 0.3 is 5.97 Å². The molecule has 0 aliphatic carbocycles. The molecule has 1 aliphatic heterocycles. The number of carbonyl (C=O) groups excluding carboxylic acids is 2. The lowest BCUT2D eigenvalue weighted by molar-refractivity contribution is -0.153. The topological polar surface area (TPSA) is 62.4 Å². The van der Waals surface area contributed by atoms with Crippen molar-refractivity contribution in [2.24, 2.45) is 5.41 Å². The fraction of sp³-hybridized carbons (Fsp3) is 0.500. The molecule has 6 heteroatoms. The second-order valence-electron chi connectivity index (χ2n) is 5.17. The van der Waals surface area contributed by atoms with E-state index >= 15 is 0 Å². The molecule has 1 fully saturated rings. The highest BCUT2D eigenvalue weighted by Gasteiger charge is 2.43. The lowest BCUT2D eigenvalue weighted by Crippen LogP contribution is -2.36. The molecule has 1 aliphatic rings. The number of likely N-dealkylation sites (tertiary alicyclic amines) is 1. The number of nitrogens with zero attached hydrogens (tertiary/aromatic N) is 1. The van der Waals surface area contributed by atoms with Crippen LogP contribution in [0.4, 0.5) is 0 Å². The van der Waals surface area contributed by atoms with Crippen LogP contribution in [-0.2, 0) is 9.53 Å². The second kappa shape index (κ2) is 5.75. The number of H-pyrrole nitrogens is 1. The van der Waals surface area contributed by atoms with Crippen LogP contribution >= 0.6 is 12.2 Å². The Labute approximate surface area is 122 Å². The third-order valence-corrected chi connectivity index (χ3v) is 3.92. The predicted octanol–water partition coefficient (Wildman–Crippen LogP) is 2.16. The summed E-state index contributed by atoms with van der Waals surface area (Å²) < 4.78 is 5.50. The van der Waals surface area contributed by atoms with Gasteiger partial charge < -0.3 is 14.6 Å². The van der Waals surface area contributed by atoms with Crippen molar-refractivity contribution in [3.05, 3.63) is 28.5 Å². The first-order valence-corrected chi connectivity index (χ1v) is 7.03. The minimum absolute atomic E-state index is 0.139. The highest BCUT2D eigenvalue weighted by molar-refractivity contribution is 7.71. The Hall–Kier alpha value is -1.69. The zero-order chi connectivity index (χ0) is 14.8. The molecule has 1 atom stereocenters. The second-order valence-corrected chi connectivity index (χ2v) is 5.58. The third-order valence-electron chi connectivity index (χ3n) is 3.58. The maximum Gasteiger partial charge on any atom is 0.313 e. The molecule has 0 radical (unpaired) electrons. The molecule has 0 spiro atoms. The maximum atomic E-state index is 12.4. The minimum Gasteiger partial charge on any atom is -0.466 e. The van der Waals surface area contributed by atoms with Crippen LogP contribution in [0.1, 0.15) is 30.6 Å². The van der Waals surface area contributed by atoms with E-state index in [2.05, 4.69) is 4.98 Å². The number of amides is 1. The van der Waals surface area contributed by atoms with Crippen molar-refractivity contribution in [2.45, 2.75) is 20.3 Å². The van der Waals surface area contributed by atoms with Gasteiger partial charge in [0.25, 0.3) is 5.91 Å². The maximum absolute atomic E-state index is 12.4. The van der Waals surface area contributed by atoms with Gasteiger partial charge in [-0.15, -0.1) is 0 Å². The number of ether oxygens (including phenoxy) is 1. The van der Waals surface area contributed by atoms with Gasteiger partial charge in [-0.3, -0.25) is 9.59 Å². The van der Waals surface area contributed by atoms with Gasteiger partial charge in [0.1, 0.15) is 4.64 Å². The summed E-state index contributed by atoms with van der Waals surface area (Å²) in [7, 11) is 0. The Morgan fingerprint density at radius 1 is 1.55 bits per heavy atom. The van der Waals surface area contributed by atoms with Crippen LogP contribution in [0, 0.1) is 10.1 Å². The standard InChI is InChI=1S/C14H18N2O3S/c1-3-19-13(18)14(2)6-8-16(9-14)12(17)10-5-4-7-15-11(10)20/h4-5,7H,3,6,8-9H2,1-2H3,(H,15,20). The van der Waals surface area contributed by atoms with Crippen LogP contribution in [-0.4, -0.2) is 41.5 Å². The van der Waals surface area contributed by atoms with Gasteiger partial charge in [0.15, 0.2) is 0 Å². The van der Waals surface area contributed by atoms with Crippen molar-refractivity contribution in [3.8, 4) is 0 Å². The van der Waals surface area contributed by atoms with Crippen LogP contribution in [0.5, 0.6) is 0 Å². The van der Waals surface area contributed by atoms with E-state index in [0.29, 0.717) is 36.3 Å². The first-order valence-electron chi connectivity index (χ1n) is 6.62.